The molecule has 0 bridgehead atoms. The number of rotatable bonds is 3. The molecule has 0 atom stereocenters. The predicted octanol–water partition coefficient (Wildman–Crippen LogP) is 2.86. The number of aromatic nitrogens is 1. The molecule has 0 radical (unpaired) electrons. The van der Waals surface area contributed by atoms with Crippen molar-refractivity contribution in [2.24, 2.45) is 0 Å². The lowest BCUT2D eigenvalue weighted by molar-refractivity contribution is 0.414. The van der Waals surface area contributed by atoms with Gasteiger partial charge in [0.25, 0.3) is 0 Å². The molecular weight excluding hydrogens is 276 g/mol. The van der Waals surface area contributed by atoms with Gasteiger partial charge in [0.1, 0.15) is 5.75 Å². The fourth-order valence-corrected chi connectivity index (χ4v) is 2.73. The summed E-state index contributed by atoms with van der Waals surface area (Å²) in [5.41, 5.74) is 7.65. The molecular formula is C14H12N2O3S. The Labute approximate surface area is 118 Å². The lowest BCUT2D eigenvalue weighted by Crippen LogP contribution is -1.93. The number of ether oxygens (including phenoxy) is 1. The summed E-state index contributed by atoms with van der Waals surface area (Å²) < 4.78 is 10.1. The number of nitrogens with one attached hydrogen (secondary N) is 1. The molecule has 5 nitrogen and oxygen atoms in total. The number of nitrogen functional groups attached to an aromatic ring is 1. The van der Waals surface area contributed by atoms with Crippen molar-refractivity contribution in [3.8, 4) is 5.75 Å². The Hall–Kier alpha value is -2.34. The molecule has 0 aliphatic heterocycles. The van der Waals surface area contributed by atoms with E-state index in [1.807, 2.05) is 30.3 Å². The smallest absolute Gasteiger partial charge is 0.417 e. The highest BCUT2D eigenvalue weighted by Gasteiger charge is 2.08. The maximum absolute atomic E-state index is 11.2. The molecule has 0 amide bonds. The Balaban J connectivity index is 1.96. The number of nitrogens with two attached hydrogens (primary N) is 1. The van der Waals surface area contributed by atoms with E-state index in [-0.39, 0.29) is 0 Å². The number of aromatic amines is 1. The Kier molecular flexibility index (Phi) is 3.15. The van der Waals surface area contributed by atoms with Gasteiger partial charge in [-0.2, -0.15) is 0 Å². The minimum Gasteiger partial charge on any atom is -0.497 e. The third-order valence-electron chi connectivity index (χ3n) is 2.84. The van der Waals surface area contributed by atoms with Crippen LogP contribution < -0.4 is 16.2 Å². The summed E-state index contributed by atoms with van der Waals surface area (Å²) in [5, 5.41) is 0. The molecule has 3 N–H and O–H groups in total. The van der Waals surface area contributed by atoms with E-state index >= 15 is 0 Å². The fourth-order valence-electron chi connectivity index (χ4n) is 1.85. The average Bonchev–Trinajstić information content (AvgIpc) is 2.79. The summed E-state index contributed by atoms with van der Waals surface area (Å²) in [5.74, 6) is 0.322. The van der Waals surface area contributed by atoms with Crippen molar-refractivity contribution >= 4 is 28.5 Å². The van der Waals surface area contributed by atoms with E-state index in [1.165, 1.54) is 11.8 Å². The number of oxazole rings is 1. The lowest BCUT2D eigenvalue weighted by Gasteiger charge is -2.06. The summed E-state index contributed by atoms with van der Waals surface area (Å²) in [6.45, 7) is 0. The van der Waals surface area contributed by atoms with Gasteiger partial charge in [-0.1, -0.05) is 11.8 Å². The van der Waals surface area contributed by atoms with Crippen LogP contribution in [-0.4, -0.2) is 12.1 Å². The normalized spacial score (nSPS) is 10.8. The standard InChI is InChI=1S/C14H12N2O3S/c1-18-8-2-4-9(5-3-8)20-13-7-11-12(6-10(13)15)19-14(17)16-11/h2-7H,15H2,1H3,(H,16,17). The van der Waals surface area contributed by atoms with E-state index in [2.05, 4.69) is 4.98 Å². The van der Waals surface area contributed by atoms with Gasteiger partial charge in [0.05, 0.1) is 12.6 Å². The zero-order valence-electron chi connectivity index (χ0n) is 10.7. The summed E-state index contributed by atoms with van der Waals surface area (Å²) in [4.78, 5) is 15.7. The summed E-state index contributed by atoms with van der Waals surface area (Å²) >= 11 is 1.51. The van der Waals surface area contributed by atoms with Crippen LogP contribution in [0.25, 0.3) is 11.1 Å². The molecule has 0 fully saturated rings. The van der Waals surface area contributed by atoms with Gasteiger partial charge in [-0.15, -0.1) is 0 Å². The number of hydrogen-bond donors (Lipinski definition) is 2. The second-order valence-corrected chi connectivity index (χ2v) is 5.29. The lowest BCUT2D eigenvalue weighted by atomic mass is 10.3. The van der Waals surface area contributed by atoms with E-state index in [4.69, 9.17) is 14.9 Å². The molecule has 102 valence electrons. The molecule has 1 aromatic heterocycles. The van der Waals surface area contributed by atoms with Crippen LogP contribution in [0.4, 0.5) is 5.69 Å². The average molecular weight is 288 g/mol. The van der Waals surface area contributed by atoms with E-state index in [9.17, 15) is 4.79 Å². The highest BCUT2D eigenvalue weighted by molar-refractivity contribution is 7.99. The molecule has 6 heteroatoms. The van der Waals surface area contributed by atoms with E-state index in [1.54, 1.807) is 13.2 Å². The van der Waals surface area contributed by atoms with Gasteiger partial charge in [0.15, 0.2) is 5.58 Å². The number of H-pyrrole nitrogens is 1. The van der Waals surface area contributed by atoms with Crippen molar-refractivity contribution in [2.75, 3.05) is 12.8 Å². The zero-order chi connectivity index (χ0) is 14.1. The molecule has 3 aromatic rings. The Morgan fingerprint density at radius 2 is 2.00 bits per heavy atom. The van der Waals surface area contributed by atoms with Crippen molar-refractivity contribution < 1.29 is 9.15 Å². The first kappa shape index (κ1) is 12.7. The third-order valence-corrected chi connectivity index (χ3v) is 3.92. The molecule has 1 heterocycles. The minimum absolute atomic E-state index is 0.464. The Morgan fingerprint density at radius 3 is 2.70 bits per heavy atom. The summed E-state index contributed by atoms with van der Waals surface area (Å²) in [6, 6.07) is 11.1. The number of fused-ring (bicyclic) bond motifs is 1. The molecule has 0 saturated heterocycles. The van der Waals surface area contributed by atoms with Crippen LogP contribution in [0.2, 0.25) is 0 Å². The number of anilines is 1. The number of benzene rings is 2. The minimum atomic E-state index is -0.481. The van der Waals surface area contributed by atoms with Gasteiger partial charge in [-0.25, -0.2) is 4.79 Å². The van der Waals surface area contributed by atoms with Crippen LogP contribution in [-0.2, 0) is 0 Å². The van der Waals surface area contributed by atoms with Crippen LogP contribution in [0.5, 0.6) is 5.75 Å². The van der Waals surface area contributed by atoms with Gasteiger partial charge in [-0.05, 0) is 30.3 Å². The second-order valence-electron chi connectivity index (χ2n) is 4.18. The van der Waals surface area contributed by atoms with Gasteiger partial charge in [-0.3, -0.25) is 4.98 Å². The first-order valence-electron chi connectivity index (χ1n) is 5.90. The van der Waals surface area contributed by atoms with Crippen LogP contribution in [0.3, 0.4) is 0 Å². The Bertz CT molecular complexity index is 805. The molecule has 0 aliphatic rings. The van der Waals surface area contributed by atoms with Crippen LogP contribution >= 0.6 is 11.8 Å². The van der Waals surface area contributed by atoms with Crippen molar-refractivity contribution in [3.05, 3.63) is 46.9 Å². The van der Waals surface area contributed by atoms with Crippen molar-refractivity contribution in [1.29, 1.82) is 0 Å². The largest absolute Gasteiger partial charge is 0.497 e. The highest BCUT2D eigenvalue weighted by atomic mass is 32.2. The van der Waals surface area contributed by atoms with Crippen LogP contribution in [0.1, 0.15) is 0 Å². The van der Waals surface area contributed by atoms with Crippen molar-refractivity contribution in [3.63, 3.8) is 0 Å². The Morgan fingerprint density at radius 1 is 1.25 bits per heavy atom. The van der Waals surface area contributed by atoms with E-state index in [0.29, 0.717) is 16.8 Å². The van der Waals surface area contributed by atoms with Crippen LogP contribution in [0.15, 0.2) is 55.4 Å². The van der Waals surface area contributed by atoms with E-state index in [0.717, 1.165) is 15.5 Å². The molecule has 2 aromatic carbocycles. The highest BCUT2D eigenvalue weighted by Crippen LogP contribution is 2.34. The first-order valence-corrected chi connectivity index (χ1v) is 6.71. The molecule has 0 saturated carbocycles. The fraction of sp³-hybridized carbons (Fsp3) is 0.0714. The van der Waals surface area contributed by atoms with Crippen molar-refractivity contribution in [1.82, 2.24) is 4.98 Å². The first-order chi connectivity index (χ1) is 9.65. The van der Waals surface area contributed by atoms with E-state index < -0.39 is 5.76 Å². The quantitative estimate of drug-likeness (QED) is 0.724. The van der Waals surface area contributed by atoms with Gasteiger partial charge >= 0.3 is 5.76 Å². The predicted molar refractivity (Wildman–Crippen MR) is 78.4 cm³/mol. The maximum Gasteiger partial charge on any atom is 0.417 e. The molecule has 20 heavy (non-hydrogen) atoms. The molecule has 0 spiro atoms. The molecule has 3 rings (SSSR count). The number of hydrogen-bond acceptors (Lipinski definition) is 5. The number of methoxy groups -OCH3 is 1. The second kappa shape index (κ2) is 4.97. The zero-order valence-corrected chi connectivity index (χ0v) is 11.5. The summed E-state index contributed by atoms with van der Waals surface area (Å²) in [7, 11) is 1.63. The summed E-state index contributed by atoms with van der Waals surface area (Å²) in [6.07, 6.45) is 0. The van der Waals surface area contributed by atoms with Gasteiger partial charge in [0.2, 0.25) is 0 Å². The van der Waals surface area contributed by atoms with Crippen molar-refractivity contribution in [2.45, 2.75) is 9.79 Å². The maximum atomic E-state index is 11.2. The molecule has 0 unspecified atom stereocenters. The topological polar surface area (TPSA) is 81.2 Å². The van der Waals surface area contributed by atoms with Gasteiger partial charge < -0.3 is 14.9 Å². The van der Waals surface area contributed by atoms with Crippen LogP contribution in [0, 0.1) is 0 Å². The van der Waals surface area contributed by atoms with Gasteiger partial charge in [0, 0.05) is 21.5 Å². The third kappa shape index (κ3) is 2.37. The monoisotopic (exact) mass is 288 g/mol. The molecule has 0 aliphatic carbocycles. The SMILES string of the molecule is COc1ccc(Sc2cc3[nH]c(=O)oc3cc2N)cc1.